The molecule has 0 N–H and O–H groups in total. The van der Waals surface area contributed by atoms with Crippen molar-refractivity contribution in [3.05, 3.63) is 84.8 Å². The smallest absolute Gasteiger partial charge is 0.256 e. The number of para-hydroxylation sites is 1. The zero-order valence-electron chi connectivity index (χ0n) is 16.5. The molecule has 0 spiro atoms. The van der Waals surface area contributed by atoms with Crippen molar-refractivity contribution < 1.29 is 4.79 Å². The summed E-state index contributed by atoms with van der Waals surface area (Å²) in [6, 6.07) is 13.6. The molecule has 0 aliphatic carbocycles. The molecule has 30 heavy (non-hydrogen) atoms. The van der Waals surface area contributed by atoms with E-state index in [1.165, 1.54) is 0 Å². The number of benzene rings is 1. The molecule has 4 heterocycles. The fourth-order valence-electron chi connectivity index (χ4n) is 4.25. The highest BCUT2D eigenvalue weighted by atomic mass is 16.2. The van der Waals surface area contributed by atoms with E-state index in [0.29, 0.717) is 12.1 Å². The first kappa shape index (κ1) is 18.4. The van der Waals surface area contributed by atoms with Gasteiger partial charge in [-0.2, -0.15) is 0 Å². The van der Waals surface area contributed by atoms with Crippen molar-refractivity contribution in [2.45, 2.75) is 18.8 Å². The van der Waals surface area contributed by atoms with Crippen LogP contribution < -0.4 is 0 Å². The number of nitrogens with zero attached hydrogens (tertiary/aromatic N) is 5. The first-order valence-corrected chi connectivity index (χ1v) is 10.1. The monoisotopic (exact) mass is 395 g/mol. The second-order valence-corrected chi connectivity index (χ2v) is 7.53. The van der Waals surface area contributed by atoms with Crippen molar-refractivity contribution in [2.24, 2.45) is 0 Å². The molecular formula is C24H21N5O. The van der Waals surface area contributed by atoms with E-state index < -0.39 is 0 Å². The lowest BCUT2D eigenvalue weighted by Gasteiger charge is -2.33. The molecule has 4 aromatic rings. The number of piperidine rings is 1. The van der Waals surface area contributed by atoms with Crippen LogP contribution in [-0.2, 0) is 0 Å². The number of pyridine rings is 2. The highest BCUT2D eigenvalue weighted by Gasteiger charge is 2.29. The third-order valence-corrected chi connectivity index (χ3v) is 5.69. The Labute approximate surface area is 174 Å². The van der Waals surface area contributed by atoms with E-state index in [-0.39, 0.29) is 11.8 Å². The van der Waals surface area contributed by atoms with Crippen LogP contribution in [0.3, 0.4) is 0 Å². The second kappa shape index (κ2) is 7.99. The molecule has 0 saturated carbocycles. The molecule has 0 unspecified atom stereocenters. The molecule has 0 bridgehead atoms. The Morgan fingerprint density at radius 1 is 0.967 bits per heavy atom. The van der Waals surface area contributed by atoms with Gasteiger partial charge in [0.2, 0.25) is 0 Å². The molecule has 1 fully saturated rings. The highest BCUT2D eigenvalue weighted by molar-refractivity contribution is 6.05. The van der Waals surface area contributed by atoms with Gasteiger partial charge in [0.15, 0.2) is 0 Å². The summed E-state index contributed by atoms with van der Waals surface area (Å²) < 4.78 is 0. The average molecular weight is 395 g/mol. The summed E-state index contributed by atoms with van der Waals surface area (Å²) in [5, 5.41) is 0.979. The van der Waals surface area contributed by atoms with Crippen LogP contribution in [0.2, 0.25) is 0 Å². The number of amides is 1. The van der Waals surface area contributed by atoms with Crippen LogP contribution in [0, 0.1) is 0 Å². The van der Waals surface area contributed by atoms with Crippen LogP contribution in [0.25, 0.3) is 22.0 Å². The first-order chi connectivity index (χ1) is 14.8. The van der Waals surface area contributed by atoms with E-state index in [1.807, 2.05) is 53.6 Å². The Balaban J connectivity index is 1.46. The predicted molar refractivity (Wildman–Crippen MR) is 115 cm³/mol. The minimum Gasteiger partial charge on any atom is -0.338 e. The molecule has 1 atom stereocenters. The molecule has 1 amide bonds. The third kappa shape index (κ3) is 3.41. The predicted octanol–water partition coefficient (Wildman–Crippen LogP) is 4.11. The van der Waals surface area contributed by atoms with E-state index in [4.69, 9.17) is 0 Å². The summed E-state index contributed by atoms with van der Waals surface area (Å²) in [5.41, 5.74) is 4.45. The molecule has 0 radical (unpaired) electrons. The van der Waals surface area contributed by atoms with E-state index in [0.717, 1.165) is 47.1 Å². The van der Waals surface area contributed by atoms with Gasteiger partial charge in [-0.05, 0) is 42.7 Å². The number of carbonyl (C=O) groups excluding carboxylic acids is 1. The molecule has 5 rings (SSSR count). The van der Waals surface area contributed by atoms with Gasteiger partial charge in [-0.25, -0.2) is 9.97 Å². The highest BCUT2D eigenvalue weighted by Crippen LogP contribution is 2.33. The molecule has 1 aliphatic heterocycles. The zero-order chi connectivity index (χ0) is 20.3. The van der Waals surface area contributed by atoms with Crippen molar-refractivity contribution in [2.75, 3.05) is 13.1 Å². The van der Waals surface area contributed by atoms with Gasteiger partial charge < -0.3 is 4.90 Å². The van der Waals surface area contributed by atoms with E-state index >= 15 is 0 Å². The fourth-order valence-corrected chi connectivity index (χ4v) is 4.25. The number of likely N-dealkylation sites (tertiary alicyclic amines) is 1. The number of carbonyl (C=O) groups is 1. The standard InChI is InChI=1S/C24H21N5O/c30-24(20-7-1-4-18-5-2-10-27-22(18)20)29-13-3-6-19(15-29)23-21(14-26-16-28-23)17-8-11-25-12-9-17/h1-2,4-5,7-12,14,16,19H,3,6,13,15H2/t19-/m1/s1. The van der Waals surface area contributed by atoms with Crippen molar-refractivity contribution in [1.29, 1.82) is 0 Å². The lowest BCUT2D eigenvalue weighted by molar-refractivity contribution is 0.0708. The first-order valence-electron chi connectivity index (χ1n) is 10.1. The number of hydrogen-bond donors (Lipinski definition) is 0. The lowest BCUT2D eigenvalue weighted by Crippen LogP contribution is -2.39. The van der Waals surface area contributed by atoms with E-state index in [1.54, 1.807) is 24.9 Å². The van der Waals surface area contributed by atoms with Gasteiger partial charge in [-0.15, -0.1) is 0 Å². The van der Waals surface area contributed by atoms with Gasteiger partial charge in [0.1, 0.15) is 6.33 Å². The fraction of sp³-hybridized carbons (Fsp3) is 0.208. The summed E-state index contributed by atoms with van der Waals surface area (Å²) in [6.07, 6.45) is 10.7. The largest absolute Gasteiger partial charge is 0.338 e. The van der Waals surface area contributed by atoms with Crippen molar-refractivity contribution in [1.82, 2.24) is 24.8 Å². The third-order valence-electron chi connectivity index (χ3n) is 5.69. The number of rotatable bonds is 3. The van der Waals surface area contributed by atoms with Crippen LogP contribution in [0.1, 0.15) is 34.8 Å². The van der Waals surface area contributed by atoms with Gasteiger partial charge in [-0.3, -0.25) is 14.8 Å². The minimum atomic E-state index is 0.0310. The second-order valence-electron chi connectivity index (χ2n) is 7.53. The van der Waals surface area contributed by atoms with Gasteiger partial charge in [-0.1, -0.05) is 18.2 Å². The zero-order valence-corrected chi connectivity index (χ0v) is 16.5. The molecule has 1 aliphatic rings. The van der Waals surface area contributed by atoms with Crippen LogP contribution >= 0.6 is 0 Å². The van der Waals surface area contributed by atoms with Gasteiger partial charge in [0.05, 0.1) is 16.8 Å². The Kier molecular flexibility index (Phi) is 4.89. The topological polar surface area (TPSA) is 71.9 Å². The van der Waals surface area contributed by atoms with E-state index in [2.05, 4.69) is 19.9 Å². The Morgan fingerprint density at radius 3 is 2.73 bits per heavy atom. The average Bonchev–Trinajstić information content (AvgIpc) is 2.84. The maximum atomic E-state index is 13.4. The molecule has 1 aromatic carbocycles. The Morgan fingerprint density at radius 2 is 1.83 bits per heavy atom. The van der Waals surface area contributed by atoms with Crippen LogP contribution in [0.5, 0.6) is 0 Å². The summed E-state index contributed by atoms with van der Waals surface area (Å²) in [5.74, 6) is 0.195. The molecule has 6 heteroatoms. The summed E-state index contributed by atoms with van der Waals surface area (Å²) in [4.78, 5) is 32.7. The van der Waals surface area contributed by atoms with Gasteiger partial charge in [0.25, 0.3) is 5.91 Å². The van der Waals surface area contributed by atoms with Crippen molar-refractivity contribution >= 4 is 16.8 Å². The molecule has 3 aromatic heterocycles. The lowest BCUT2D eigenvalue weighted by atomic mass is 9.90. The summed E-state index contributed by atoms with van der Waals surface area (Å²) in [6.45, 7) is 1.38. The quantitative estimate of drug-likeness (QED) is 0.522. The molecular weight excluding hydrogens is 374 g/mol. The van der Waals surface area contributed by atoms with Crippen molar-refractivity contribution in [3.8, 4) is 11.1 Å². The number of hydrogen-bond acceptors (Lipinski definition) is 5. The SMILES string of the molecule is O=C(c1cccc2cccnc12)N1CCC[C@@H](c2ncncc2-c2ccncc2)C1. The summed E-state index contributed by atoms with van der Waals surface area (Å²) >= 11 is 0. The van der Waals surface area contributed by atoms with Crippen LogP contribution in [-0.4, -0.2) is 43.8 Å². The van der Waals surface area contributed by atoms with Crippen LogP contribution in [0.15, 0.2) is 73.6 Å². The van der Waals surface area contributed by atoms with Gasteiger partial charge >= 0.3 is 0 Å². The van der Waals surface area contributed by atoms with Crippen LogP contribution in [0.4, 0.5) is 0 Å². The number of aromatic nitrogens is 4. The van der Waals surface area contributed by atoms with Crippen molar-refractivity contribution in [3.63, 3.8) is 0 Å². The van der Waals surface area contributed by atoms with E-state index in [9.17, 15) is 4.79 Å². The number of fused-ring (bicyclic) bond motifs is 1. The molecule has 1 saturated heterocycles. The maximum Gasteiger partial charge on any atom is 0.256 e. The summed E-state index contributed by atoms with van der Waals surface area (Å²) in [7, 11) is 0. The maximum absolute atomic E-state index is 13.4. The Bertz CT molecular complexity index is 1190. The van der Waals surface area contributed by atoms with Gasteiger partial charge in [0, 0.05) is 54.7 Å². The molecule has 6 nitrogen and oxygen atoms in total. The normalized spacial score (nSPS) is 16.5. The minimum absolute atomic E-state index is 0.0310. The Hall–Kier alpha value is -3.67. The molecule has 148 valence electrons.